The van der Waals surface area contributed by atoms with Crippen molar-refractivity contribution in [1.29, 1.82) is 0 Å². The lowest BCUT2D eigenvalue weighted by Gasteiger charge is -2.34. The molecule has 1 saturated heterocycles. The molecule has 1 amide bonds. The fourth-order valence-corrected chi connectivity index (χ4v) is 6.96. The summed E-state index contributed by atoms with van der Waals surface area (Å²) >= 11 is 1.61. The largest absolute Gasteiger partial charge is 0.353 e. The summed E-state index contributed by atoms with van der Waals surface area (Å²) < 4.78 is 1.56. The molecule has 1 aliphatic carbocycles. The van der Waals surface area contributed by atoms with Crippen LogP contribution in [0.3, 0.4) is 0 Å². The van der Waals surface area contributed by atoms with Crippen molar-refractivity contribution in [3.05, 3.63) is 79.9 Å². The van der Waals surface area contributed by atoms with Gasteiger partial charge in [-0.3, -0.25) is 9.59 Å². The van der Waals surface area contributed by atoms with Crippen LogP contribution < -0.4 is 21.1 Å². The molecule has 4 heterocycles. The maximum absolute atomic E-state index is 13.2. The summed E-state index contributed by atoms with van der Waals surface area (Å²) in [5.41, 5.74) is 5.05. The highest BCUT2D eigenvalue weighted by Gasteiger charge is 2.20. The number of likely N-dealkylation sites (N-methyl/N-ethyl adjacent to an activating group) is 1. The maximum atomic E-state index is 13.2. The second-order valence-electron chi connectivity index (χ2n) is 11.1. The number of nitrogens with zero attached hydrogens (tertiary/aromatic N) is 5. The molecule has 3 aromatic heterocycles. The molecule has 4 aromatic rings. The van der Waals surface area contributed by atoms with Crippen molar-refractivity contribution in [3.63, 3.8) is 0 Å². The molecule has 2 aliphatic rings. The van der Waals surface area contributed by atoms with Gasteiger partial charge in [0.2, 0.25) is 0 Å². The zero-order chi connectivity index (χ0) is 29.2. The van der Waals surface area contributed by atoms with Gasteiger partial charge in [0.05, 0.1) is 4.88 Å². The SMILES string of the molecule is CCN1CCN(c2ccc(Nc3cc(-c4cccc(NC(=O)c5cc6c(s5)CCCC6)c4C)cn(C)c3=O)nn2)CC1. The van der Waals surface area contributed by atoms with E-state index in [1.54, 1.807) is 23.0 Å². The summed E-state index contributed by atoms with van der Waals surface area (Å²) in [7, 11) is 1.74. The van der Waals surface area contributed by atoms with Crippen molar-refractivity contribution in [1.82, 2.24) is 19.7 Å². The molecule has 0 unspecified atom stereocenters. The Bertz CT molecular complexity index is 1630. The standard InChI is InChI=1S/C32H37N7O2S/c1-4-38-14-16-39(17-15-38)30-13-12-29(35-36-30)33-26-18-23(20-37(3)32(26)41)24-9-7-10-25(21(24)2)34-31(40)28-19-22-8-5-6-11-27(22)42-28/h7,9-10,12-13,18-20H,4-6,8,11,14-17H2,1-3H3,(H,33,35)(H,34,40). The van der Waals surface area contributed by atoms with Crippen molar-refractivity contribution in [2.45, 2.75) is 39.5 Å². The van der Waals surface area contributed by atoms with E-state index in [2.05, 4.69) is 43.6 Å². The van der Waals surface area contributed by atoms with Crippen LogP contribution in [0.5, 0.6) is 0 Å². The third-order valence-corrected chi connectivity index (χ3v) is 9.59. The van der Waals surface area contributed by atoms with E-state index in [9.17, 15) is 9.59 Å². The minimum absolute atomic E-state index is 0.0771. The molecule has 1 fully saturated rings. The number of piperazine rings is 1. The Morgan fingerprint density at radius 1 is 1.00 bits per heavy atom. The van der Waals surface area contributed by atoms with Crippen LogP contribution in [0.2, 0.25) is 0 Å². The van der Waals surface area contributed by atoms with Crippen LogP contribution in [-0.2, 0) is 19.9 Å². The van der Waals surface area contributed by atoms with Gasteiger partial charge in [-0.1, -0.05) is 19.1 Å². The fourth-order valence-electron chi connectivity index (χ4n) is 5.81. The molecular formula is C32H37N7O2S. The van der Waals surface area contributed by atoms with Crippen LogP contribution in [0.1, 0.15) is 45.4 Å². The molecule has 0 bridgehead atoms. The van der Waals surface area contributed by atoms with Crippen molar-refractivity contribution < 1.29 is 4.79 Å². The molecule has 6 rings (SSSR count). The third-order valence-electron chi connectivity index (χ3n) is 8.35. The average Bonchev–Trinajstić information content (AvgIpc) is 3.46. The van der Waals surface area contributed by atoms with E-state index in [0.29, 0.717) is 11.5 Å². The summed E-state index contributed by atoms with van der Waals surface area (Å²) in [5.74, 6) is 1.28. The van der Waals surface area contributed by atoms with Crippen LogP contribution >= 0.6 is 11.3 Å². The number of fused-ring (bicyclic) bond motifs is 1. The number of carbonyl (C=O) groups excluding carboxylic acids is 1. The highest BCUT2D eigenvalue weighted by molar-refractivity contribution is 7.14. The van der Waals surface area contributed by atoms with E-state index < -0.39 is 0 Å². The van der Waals surface area contributed by atoms with Gasteiger partial charge < -0.3 is 25.0 Å². The number of nitrogens with one attached hydrogen (secondary N) is 2. The first kappa shape index (κ1) is 28.1. The molecule has 0 atom stereocenters. The monoisotopic (exact) mass is 583 g/mol. The van der Waals surface area contributed by atoms with E-state index >= 15 is 0 Å². The van der Waals surface area contributed by atoms with Gasteiger partial charge in [-0.2, -0.15) is 0 Å². The van der Waals surface area contributed by atoms with Crippen LogP contribution in [0.4, 0.5) is 23.0 Å². The Balaban J connectivity index is 1.20. The van der Waals surface area contributed by atoms with Gasteiger partial charge in [-0.15, -0.1) is 21.5 Å². The van der Waals surface area contributed by atoms with E-state index in [1.165, 1.54) is 23.3 Å². The molecule has 0 radical (unpaired) electrons. The lowest BCUT2D eigenvalue weighted by Crippen LogP contribution is -2.46. The minimum Gasteiger partial charge on any atom is -0.353 e. The Morgan fingerprint density at radius 3 is 2.55 bits per heavy atom. The number of aromatic nitrogens is 3. The number of aryl methyl sites for hydroxylation is 3. The Labute approximate surface area is 250 Å². The summed E-state index contributed by atoms with van der Waals surface area (Å²) in [4.78, 5) is 33.0. The molecule has 9 nitrogen and oxygen atoms in total. The van der Waals surface area contributed by atoms with Crippen molar-refractivity contribution in [2.75, 3.05) is 48.3 Å². The number of thiophene rings is 1. The van der Waals surface area contributed by atoms with Gasteiger partial charge in [0.1, 0.15) is 5.69 Å². The molecule has 218 valence electrons. The highest BCUT2D eigenvalue weighted by Crippen LogP contribution is 2.32. The normalized spacial score (nSPS) is 15.4. The molecular weight excluding hydrogens is 546 g/mol. The fraction of sp³-hybridized carbons (Fsp3) is 0.375. The number of hydrogen-bond donors (Lipinski definition) is 2. The van der Waals surface area contributed by atoms with Crippen LogP contribution in [-0.4, -0.2) is 58.3 Å². The van der Waals surface area contributed by atoms with Crippen molar-refractivity contribution >= 4 is 40.3 Å². The smallest absolute Gasteiger partial charge is 0.274 e. The summed E-state index contributed by atoms with van der Waals surface area (Å²) in [5, 5.41) is 15.1. The molecule has 10 heteroatoms. The van der Waals surface area contributed by atoms with Gasteiger partial charge in [-0.05, 0) is 86.2 Å². The summed E-state index contributed by atoms with van der Waals surface area (Å²) in [6.45, 7) is 9.11. The molecule has 0 saturated carbocycles. The van der Waals surface area contributed by atoms with E-state index in [1.807, 2.05) is 49.5 Å². The van der Waals surface area contributed by atoms with E-state index in [0.717, 1.165) is 78.6 Å². The number of hydrogen-bond acceptors (Lipinski definition) is 8. The summed E-state index contributed by atoms with van der Waals surface area (Å²) in [6, 6.07) is 13.6. The van der Waals surface area contributed by atoms with Gasteiger partial charge in [0.25, 0.3) is 11.5 Å². The summed E-state index contributed by atoms with van der Waals surface area (Å²) in [6.07, 6.45) is 6.33. The van der Waals surface area contributed by atoms with E-state index in [-0.39, 0.29) is 11.5 Å². The Morgan fingerprint density at radius 2 is 1.81 bits per heavy atom. The van der Waals surface area contributed by atoms with Gasteiger partial charge >= 0.3 is 0 Å². The van der Waals surface area contributed by atoms with Crippen molar-refractivity contribution in [2.24, 2.45) is 7.05 Å². The second-order valence-corrected chi connectivity index (χ2v) is 12.2. The average molecular weight is 584 g/mol. The first-order valence-electron chi connectivity index (χ1n) is 14.7. The third kappa shape index (κ3) is 5.82. The molecule has 42 heavy (non-hydrogen) atoms. The van der Waals surface area contributed by atoms with Crippen LogP contribution in [0.25, 0.3) is 11.1 Å². The van der Waals surface area contributed by atoms with Crippen molar-refractivity contribution in [3.8, 4) is 11.1 Å². The van der Waals surface area contributed by atoms with Crippen LogP contribution in [0.15, 0.2) is 53.5 Å². The molecule has 1 aliphatic heterocycles. The predicted octanol–water partition coefficient (Wildman–Crippen LogP) is 5.23. The molecule has 1 aromatic carbocycles. The Hall–Kier alpha value is -4.02. The second kappa shape index (κ2) is 12.1. The van der Waals surface area contributed by atoms with Crippen LogP contribution in [0, 0.1) is 6.92 Å². The number of anilines is 4. The number of amides is 1. The topological polar surface area (TPSA) is 95.4 Å². The number of rotatable bonds is 7. The van der Waals surface area contributed by atoms with Gasteiger partial charge in [0.15, 0.2) is 11.6 Å². The minimum atomic E-state index is -0.163. The van der Waals surface area contributed by atoms with Gasteiger partial charge in [0, 0.05) is 55.6 Å². The first-order chi connectivity index (χ1) is 20.4. The van der Waals surface area contributed by atoms with E-state index in [4.69, 9.17) is 0 Å². The first-order valence-corrected chi connectivity index (χ1v) is 15.5. The Kier molecular flexibility index (Phi) is 8.08. The zero-order valence-corrected chi connectivity index (χ0v) is 25.3. The zero-order valence-electron chi connectivity index (χ0n) is 24.4. The highest BCUT2D eigenvalue weighted by atomic mass is 32.1. The molecule has 2 N–H and O–H groups in total. The van der Waals surface area contributed by atoms with Gasteiger partial charge in [-0.25, -0.2) is 0 Å². The number of benzene rings is 1. The predicted molar refractivity (Wildman–Crippen MR) is 170 cm³/mol. The maximum Gasteiger partial charge on any atom is 0.274 e. The molecule has 0 spiro atoms. The quantitative estimate of drug-likeness (QED) is 0.308. The number of pyridine rings is 1. The number of carbonyl (C=O) groups is 1. The lowest BCUT2D eigenvalue weighted by molar-refractivity contribution is 0.103. The lowest BCUT2D eigenvalue weighted by atomic mass is 9.99.